The van der Waals surface area contributed by atoms with Crippen molar-refractivity contribution in [2.45, 2.75) is 117 Å². The highest BCUT2D eigenvalue weighted by Gasteiger charge is 2.42. The first-order chi connectivity index (χ1) is 19.9. The number of alkyl carbamates (subject to hydrolysis) is 1. The van der Waals surface area contributed by atoms with Crippen LogP contribution in [0.25, 0.3) is 0 Å². The Morgan fingerprint density at radius 2 is 1.58 bits per heavy atom. The van der Waals surface area contributed by atoms with Gasteiger partial charge in [0.05, 0.1) is 0 Å². The highest BCUT2D eigenvalue weighted by atomic mass is 16.6. The zero-order valence-electron chi connectivity index (χ0n) is 27.1. The molecule has 0 aliphatic carbocycles. The number of ether oxygens (including phenoxy) is 2. The number of carbonyl (C=O) groups is 5. The molecule has 0 bridgehead atoms. The summed E-state index contributed by atoms with van der Waals surface area (Å²) in [6.45, 7) is 16.2. The maximum Gasteiger partial charge on any atom is 0.408 e. The molecule has 1 aliphatic rings. The lowest BCUT2D eigenvalue weighted by Crippen LogP contribution is -2.62. The molecule has 1 aliphatic heterocycles. The first kappa shape index (κ1) is 35.6. The lowest BCUT2D eigenvalue weighted by molar-refractivity contribution is -0.150. The van der Waals surface area contributed by atoms with Crippen molar-refractivity contribution in [3.05, 3.63) is 35.9 Å². The van der Waals surface area contributed by atoms with Gasteiger partial charge >= 0.3 is 12.1 Å². The molecule has 2 rings (SSSR count). The van der Waals surface area contributed by atoms with Crippen molar-refractivity contribution in [3.63, 3.8) is 0 Å². The molecule has 11 nitrogen and oxygen atoms in total. The predicted octanol–water partition coefficient (Wildman–Crippen LogP) is 3.70. The lowest BCUT2D eigenvalue weighted by atomic mass is 9.99. The Bertz CT molecular complexity index is 1130. The normalized spacial score (nSPS) is 16.8. The molecule has 240 valence electrons. The van der Waals surface area contributed by atoms with Gasteiger partial charge in [-0.15, -0.1) is 0 Å². The number of hydrogen-bond acceptors (Lipinski definition) is 7. The summed E-state index contributed by atoms with van der Waals surface area (Å²) < 4.78 is 10.8. The van der Waals surface area contributed by atoms with E-state index in [9.17, 15) is 24.0 Å². The van der Waals surface area contributed by atoms with Gasteiger partial charge in [0.1, 0.15) is 35.9 Å². The SMILES string of the molecule is CC(C)C[C@H](NC(=O)C(C)(C)NC(=O)[C@H]1CCCN1C(=O)[C@@H](NC(=O)OC(C)(C)C)C(C)C)C(=O)OCc1ccccc1. The molecule has 43 heavy (non-hydrogen) atoms. The molecule has 3 N–H and O–H groups in total. The first-order valence-electron chi connectivity index (χ1n) is 15.0. The molecule has 0 spiro atoms. The largest absolute Gasteiger partial charge is 0.459 e. The molecule has 1 aromatic rings. The van der Waals surface area contributed by atoms with E-state index < -0.39 is 53.1 Å². The zero-order chi connectivity index (χ0) is 32.5. The number of carbonyl (C=O) groups excluding carboxylic acids is 5. The van der Waals surface area contributed by atoms with E-state index in [1.165, 1.54) is 4.90 Å². The van der Waals surface area contributed by atoms with Crippen LogP contribution < -0.4 is 16.0 Å². The fraction of sp³-hybridized carbons (Fsp3) is 0.656. The number of rotatable bonds is 12. The van der Waals surface area contributed by atoms with Crippen molar-refractivity contribution < 1.29 is 33.4 Å². The van der Waals surface area contributed by atoms with E-state index in [1.807, 2.05) is 44.2 Å². The van der Waals surface area contributed by atoms with Gasteiger partial charge in [-0.2, -0.15) is 0 Å². The second kappa shape index (κ2) is 15.2. The van der Waals surface area contributed by atoms with Crippen LogP contribution in [-0.4, -0.2) is 70.5 Å². The van der Waals surface area contributed by atoms with Gasteiger partial charge in [-0.25, -0.2) is 9.59 Å². The molecule has 1 saturated heterocycles. The van der Waals surface area contributed by atoms with Crippen LogP contribution in [-0.2, 0) is 35.3 Å². The number of nitrogens with one attached hydrogen (secondary N) is 3. The van der Waals surface area contributed by atoms with E-state index in [4.69, 9.17) is 9.47 Å². The fourth-order valence-corrected chi connectivity index (χ4v) is 4.73. The third-order valence-electron chi connectivity index (χ3n) is 6.97. The van der Waals surface area contributed by atoms with Crippen molar-refractivity contribution in [2.75, 3.05) is 6.54 Å². The average molecular weight is 603 g/mol. The van der Waals surface area contributed by atoms with Gasteiger partial charge in [-0.1, -0.05) is 58.0 Å². The Morgan fingerprint density at radius 3 is 2.14 bits per heavy atom. The summed E-state index contributed by atoms with van der Waals surface area (Å²) in [6, 6.07) is 6.65. The van der Waals surface area contributed by atoms with Crippen LogP contribution in [0.15, 0.2) is 30.3 Å². The molecule has 0 radical (unpaired) electrons. The summed E-state index contributed by atoms with van der Waals surface area (Å²) in [5, 5.41) is 8.18. The van der Waals surface area contributed by atoms with E-state index in [-0.39, 0.29) is 24.3 Å². The van der Waals surface area contributed by atoms with Crippen molar-refractivity contribution in [1.82, 2.24) is 20.9 Å². The van der Waals surface area contributed by atoms with Gasteiger partial charge in [0, 0.05) is 6.54 Å². The number of esters is 1. The molecule has 4 amide bonds. The maximum atomic E-state index is 13.5. The molecule has 1 heterocycles. The summed E-state index contributed by atoms with van der Waals surface area (Å²) in [5.74, 6) is -2.15. The minimum Gasteiger partial charge on any atom is -0.459 e. The summed E-state index contributed by atoms with van der Waals surface area (Å²) in [4.78, 5) is 67.2. The van der Waals surface area contributed by atoms with Gasteiger partial charge < -0.3 is 30.3 Å². The zero-order valence-corrected chi connectivity index (χ0v) is 27.1. The Morgan fingerprint density at radius 1 is 0.953 bits per heavy atom. The van der Waals surface area contributed by atoms with Gasteiger partial charge in [-0.3, -0.25) is 14.4 Å². The molecule has 11 heteroatoms. The van der Waals surface area contributed by atoms with Crippen LogP contribution in [0.5, 0.6) is 0 Å². The van der Waals surface area contributed by atoms with Gasteiger partial charge in [0.15, 0.2) is 0 Å². The summed E-state index contributed by atoms with van der Waals surface area (Å²) in [5.41, 5.74) is -1.30. The maximum absolute atomic E-state index is 13.5. The van der Waals surface area contributed by atoms with Crippen LogP contribution in [0.3, 0.4) is 0 Å². The molecule has 3 atom stereocenters. The van der Waals surface area contributed by atoms with Gasteiger partial charge in [0.2, 0.25) is 17.7 Å². The minimum atomic E-state index is -1.39. The van der Waals surface area contributed by atoms with E-state index in [2.05, 4.69) is 16.0 Å². The topological polar surface area (TPSA) is 143 Å². The third kappa shape index (κ3) is 11.2. The molecular formula is C32H50N4O7. The monoisotopic (exact) mass is 602 g/mol. The summed E-state index contributed by atoms with van der Waals surface area (Å²) in [7, 11) is 0. The molecule has 0 saturated carbocycles. The van der Waals surface area contributed by atoms with Crippen molar-refractivity contribution in [2.24, 2.45) is 11.8 Å². The van der Waals surface area contributed by atoms with Crippen LogP contribution in [0, 0.1) is 11.8 Å². The van der Waals surface area contributed by atoms with E-state index in [0.717, 1.165) is 5.56 Å². The van der Waals surface area contributed by atoms with Crippen LogP contribution in [0.4, 0.5) is 4.79 Å². The van der Waals surface area contributed by atoms with Gasteiger partial charge in [0.25, 0.3) is 0 Å². The minimum absolute atomic E-state index is 0.0793. The van der Waals surface area contributed by atoms with Gasteiger partial charge in [-0.05, 0) is 71.3 Å². The van der Waals surface area contributed by atoms with Crippen molar-refractivity contribution in [1.29, 1.82) is 0 Å². The first-order valence-corrected chi connectivity index (χ1v) is 15.0. The van der Waals surface area contributed by atoms with Crippen LogP contribution >= 0.6 is 0 Å². The fourth-order valence-electron chi connectivity index (χ4n) is 4.73. The standard InChI is InChI=1S/C32H50N4O7/c1-20(2)18-23(28(39)42-19-22-14-11-10-12-15-22)33-29(40)32(8,9)35-26(37)24-16-13-17-36(24)27(38)25(21(3)4)34-30(41)43-31(5,6)7/h10-12,14-15,20-21,23-25H,13,16-19H2,1-9H3,(H,33,40)(H,34,41)(H,35,37)/t23-,24+,25-/m0/s1. The molecular weight excluding hydrogens is 552 g/mol. The second-order valence-corrected chi connectivity index (χ2v) is 13.4. The number of hydrogen-bond donors (Lipinski definition) is 3. The highest BCUT2D eigenvalue weighted by Crippen LogP contribution is 2.22. The van der Waals surface area contributed by atoms with Crippen LogP contribution in [0.1, 0.15) is 87.1 Å². The molecule has 1 fully saturated rings. The highest BCUT2D eigenvalue weighted by molar-refractivity contribution is 5.96. The predicted molar refractivity (Wildman–Crippen MR) is 163 cm³/mol. The Labute approximate surface area is 255 Å². The Balaban J connectivity index is 2.08. The van der Waals surface area contributed by atoms with E-state index in [0.29, 0.717) is 25.8 Å². The second-order valence-electron chi connectivity index (χ2n) is 13.4. The number of likely N-dealkylation sites (tertiary alicyclic amines) is 1. The Kier molecular flexibility index (Phi) is 12.6. The van der Waals surface area contributed by atoms with E-state index in [1.54, 1.807) is 48.5 Å². The molecule has 0 aromatic heterocycles. The quantitative estimate of drug-likeness (QED) is 0.310. The summed E-state index contributed by atoms with van der Waals surface area (Å²) >= 11 is 0. The molecule has 1 aromatic carbocycles. The van der Waals surface area contributed by atoms with Crippen molar-refractivity contribution in [3.8, 4) is 0 Å². The third-order valence-corrected chi connectivity index (χ3v) is 6.97. The van der Waals surface area contributed by atoms with Crippen molar-refractivity contribution >= 4 is 29.8 Å². The number of nitrogens with zero attached hydrogens (tertiary/aromatic N) is 1. The molecule has 0 unspecified atom stereocenters. The Hall–Kier alpha value is -3.63. The summed E-state index contributed by atoms with van der Waals surface area (Å²) in [6.07, 6.45) is 0.650. The average Bonchev–Trinajstić information content (AvgIpc) is 3.39. The van der Waals surface area contributed by atoms with Crippen LogP contribution in [0.2, 0.25) is 0 Å². The van der Waals surface area contributed by atoms with E-state index >= 15 is 0 Å². The number of benzene rings is 1. The smallest absolute Gasteiger partial charge is 0.408 e. The number of amides is 4. The lowest BCUT2D eigenvalue weighted by Gasteiger charge is -2.33.